The number of hydrogen-bond acceptors (Lipinski definition) is 30. The molecule has 0 fully saturated rings. The number of fused-ring (bicyclic) bond motifs is 1. The van der Waals surface area contributed by atoms with Crippen molar-refractivity contribution in [3.05, 3.63) is 72.8 Å². The highest BCUT2D eigenvalue weighted by atomic mass is 32.3. The first-order chi connectivity index (χ1) is 33.5. The molecule has 0 heterocycles. The minimum absolute atomic E-state index is 0.0127. The summed E-state index contributed by atoms with van der Waals surface area (Å²) in [6, 6.07) is 11.0. The first kappa shape index (κ1) is 57.6. The molecular weight excluding hydrogens is 1140 g/mol. The molecule has 0 amide bonds. The number of nitrogens with two attached hydrogens (primary N) is 2. The lowest BCUT2D eigenvalue weighted by Crippen LogP contribution is -2.16. The van der Waals surface area contributed by atoms with Crippen LogP contribution in [0.15, 0.2) is 133 Å². The molecule has 0 atom stereocenters. The van der Waals surface area contributed by atoms with Gasteiger partial charge in [0.2, 0.25) is 0 Å². The fraction of sp³-hybridized carbons (Fsp3) is 0.125. The minimum Gasteiger partial charge on any atom is -0.395 e. The Morgan fingerprint density at radius 3 is 1.53 bits per heavy atom. The van der Waals surface area contributed by atoms with Crippen LogP contribution in [0.3, 0.4) is 0 Å². The maximum Gasteiger partial charge on any atom is 0.397 e. The summed E-state index contributed by atoms with van der Waals surface area (Å²) in [7, 11) is -29.6. The largest absolute Gasteiger partial charge is 0.397 e. The van der Waals surface area contributed by atoms with Crippen LogP contribution >= 0.6 is 24.4 Å². The molecule has 390 valence electrons. The second-order valence-electron chi connectivity index (χ2n) is 13.3. The van der Waals surface area contributed by atoms with E-state index in [1.165, 1.54) is 18.2 Å². The van der Waals surface area contributed by atoms with Crippen LogP contribution in [0.1, 0.15) is 0 Å². The van der Waals surface area contributed by atoms with Gasteiger partial charge < -0.3 is 11.5 Å². The van der Waals surface area contributed by atoms with E-state index < -0.39 is 149 Å². The quantitative estimate of drug-likeness (QED) is 0.00689. The fourth-order valence-electron chi connectivity index (χ4n) is 5.63. The molecule has 0 saturated heterocycles. The summed E-state index contributed by atoms with van der Waals surface area (Å²) in [5.74, 6) is -1.92. The Balaban J connectivity index is 1.69. The topological polar surface area (TPSA) is 508 Å². The number of azo groups is 3. The van der Waals surface area contributed by atoms with Crippen LogP contribution in [-0.2, 0) is 87.5 Å². The normalized spacial score (nSPS) is 13.3. The van der Waals surface area contributed by atoms with Gasteiger partial charge in [-0.2, -0.15) is 38.8 Å². The SMILES string of the molecule is Nc1c(N=Nc2cc(SOOO)c3cccc(S(=O)(=O)O)c3c2)cc(N=Nc2ccc(S(=O)(=O)CCOSOOO)cc2S(=O)(=O)O)c(N)c1N=Nc1ccc(S(=O)(=O)CCOS(=O)(=O)O)cc1S(=O)(=O)O. The van der Waals surface area contributed by atoms with Gasteiger partial charge in [-0.25, -0.2) is 31.5 Å². The molecule has 32 nitrogen and oxygen atoms in total. The molecule has 0 aliphatic carbocycles. The van der Waals surface area contributed by atoms with Crippen molar-refractivity contribution >= 4 is 141 Å². The Morgan fingerprint density at radius 2 is 1.01 bits per heavy atom. The molecule has 40 heteroatoms. The number of nitrogens with zero attached hydrogens (tertiary/aromatic N) is 6. The van der Waals surface area contributed by atoms with Crippen LogP contribution in [-0.4, -0.2) is 104 Å². The molecule has 0 aromatic heterocycles. The van der Waals surface area contributed by atoms with Gasteiger partial charge in [0.05, 0.1) is 63.6 Å². The number of anilines is 2. The van der Waals surface area contributed by atoms with Crippen molar-refractivity contribution in [2.45, 2.75) is 29.4 Å². The second kappa shape index (κ2) is 23.3. The van der Waals surface area contributed by atoms with Crippen LogP contribution in [0.5, 0.6) is 0 Å². The average molecular weight is 1170 g/mol. The highest BCUT2D eigenvalue weighted by molar-refractivity contribution is 7.95. The molecule has 0 spiro atoms. The number of rotatable bonds is 24. The zero-order valence-electron chi connectivity index (χ0n) is 34.9. The number of nitrogen functional groups attached to an aromatic ring is 2. The number of benzene rings is 5. The Bertz CT molecular complexity index is 3700. The van der Waals surface area contributed by atoms with Gasteiger partial charge in [0.1, 0.15) is 43.1 Å². The van der Waals surface area contributed by atoms with E-state index in [2.05, 4.69) is 53.6 Å². The first-order valence-corrected chi connectivity index (χ1v) is 28.6. The lowest BCUT2D eigenvalue weighted by molar-refractivity contribution is -0.434. The van der Waals surface area contributed by atoms with Crippen LogP contribution in [0, 0.1) is 0 Å². The van der Waals surface area contributed by atoms with Crippen molar-refractivity contribution in [1.82, 2.24) is 0 Å². The molecule has 0 unspecified atom stereocenters. The van der Waals surface area contributed by atoms with Crippen molar-refractivity contribution in [2.24, 2.45) is 30.7 Å². The van der Waals surface area contributed by atoms with Crippen LogP contribution in [0.2, 0.25) is 0 Å². The second-order valence-corrected chi connectivity index (χ2v) is 24.0. The number of hydrogen-bond donors (Lipinski definition) is 8. The summed E-state index contributed by atoms with van der Waals surface area (Å²) in [6.07, 6.45) is 0. The maximum atomic E-state index is 12.9. The molecule has 0 bridgehead atoms. The van der Waals surface area contributed by atoms with E-state index in [-0.39, 0.29) is 33.7 Å². The van der Waals surface area contributed by atoms with E-state index in [1.807, 2.05) is 0 Å². The summed E-state index contributed by atoms with van der Waals surface area (Å²) in [4.78, 5) is -4.43. The monoisotopic (exact) mass is 1170 g/mol. The summed E-state index contributed by atoms with van der Waals surface area (Å²) in [5, 5.41) is 47.2. The van der Waals surface area contributed by atoms with E-state index in [4.69, 9.17) is 30.7 Å². The molecule has 0 saturated carbocycles. The third-order valence-electron chi connectivity index (χ3n) is 8.73. The summed E-state index contributed by atoms with van der Waals surface area (Å²) in [5.41, 5.74) is 8.03. The molecular formula is C32H30N8O24S8. The minimum atomic E-state index is -5.39. The molecule has 10 N–H and O–H groups in total. The summed E-state index contributed by atoms with van der Waals surface area (Å²) < 4.78 is 204. The summed E-state index contributed by atoms with van der Waals surface area (Å²) in [6.45, 7) is -1.70. The van der Waals surface area contributed by atoms with E-state index in [0.717, 1.165) is 42.5 Å². The van der Waals surface area contributed by atoms with Crippen LogP contribution in [0.4, 0.5) is 45.5 Å². The Labute approximate surface area is 414 Å². The smallest absolute Gasteiger partial charge is 0.395 e. The molecule has 5 rings (SSSR count). The van der Waals surface area contributed by atoms with Crippen molar-refractivity contribution in [1.29, 1.82) is 0 Å². The van der Waals surface area contributed by atoms with Crippen LogP contribution < -0.4 is 11.5 Å². The molecule has 72 heavy (non-hydrogen) atoms. The van der Waals surface area contributed by atoms with Crippen molar-refractivity contribution in [3.63, 3.8) is 0 Å². The summed E-state index contributed by atoms with van der Waals surface area (Å²) >= 11 is 0.404. The molecule has 0 radical (unpaired) electrons. The van der Waals surface area contributed by atoms with Gasteiger partial charge in [0, 0.05) is 10.3 Å². The van der Waals surface area contributed by atoms with Gasteiger partial charge in [-0.3, -0.25) is 22.4 Å². The van der Waals surface area contributed by atoms with Gasteiger partial charge in [-0.05, 0) is 66.0 Å². The Kier molecular flexibility index (Phi) is 18.6. The highest BCUT2D eigenvalue weighted by Gasteiger charge is 2.26. The standard InChI is InChI=1S/C32H30N8O24S8/c33-30-24(38-35-17-12-21-20(26(13-17)65-63-61-41)2-1-3-27(21)69(47,48)49)16-25(39-36-22-6-4-18(14-28(22)70(50,51)52)67(43,44)10-8-59-66-64-62-42)31(34)32(30)40-37-23-7-5-19(15-29(23)71(53,54)55)68(45,46)11-9-60-72(56,57)58/h1-7,12-16,41-42H,8-11,33-34H2,(H,47,48,49)(H,50,51,52)(H,53,54,55)(H,56,57,58). The average Bonchev–Trinajstić information content (AvgIpc) is 3.28. The van der Waals surface area contributed by atoms with E-state index in [1.54, 1.807) is 0 Å². The lowest BCUT2D eigenvalue weighted by atomic mass is 10.1. The van der Waals surface area contributed by atoms with Crippen molar-refractivity contribution in [3.8, 4) is 0 Å². The van der Waals surface area contributed by atoms with Gasteiger partial charge >= 0.3 is 10.4 Å². The highest BCUT2D eigenvalue weighted by Crippen LogP contribution is 2.46. The predicted octanol–water partition coefficient (Wildman–Crippen LogP) is 5.79. The van der Waals surface area contributed by atoms with Gasteiger partial charge in [0.25, 0.3) is 30.4 Å². The zero-order chi connectivity index (χ0) is 53.5. The fourth-order valence-corrected chi connectivity index (χ4v) is 11.3. The van der Waals surface area contributed by atoms with E-state index in [9.17, 15) is 64.2 Å². The first-order valence-electron chi connectivity index (χ1n) is 18.2. The van der Waals surface area contributed by atoms with Gasteiger partial charge in [-0.1, -0.05) is 22.2 Å². The molecule has 0 aliphatic heterocycles. The zero-order valence-corrected chi connectivity index (χ0v) is 41.4. The van der Waals surface area contributed by atoms with Gasteiger partial charge in [-0.15, -0.1) is 34.2 Å². The third-order valence-corrected chi connectivity index (χ3v) is 16.2. The molecule has 5 aromatic carbocycles. The van der Waals surface area contributed by atoms with E-state index in [0.29, 0.717) is 24.2 Å². The van der Waals surface area contributed by atoms with Gasteiger partial charge in [0.15, 0.2) is 32.0 Å². The van der Waals surface area contributed by atoms with Crippen molar-refractivity contribution < 1.29 is 106 Å². The predicted molar refractivity (Wildman–Crippen MR) is 245 cm³/mol. The lowest BCUT2D eigenvalue weighted by Gasteiger charge is -2.11. The number of sulfone groups is 2. The third kappa shape index (κ3) is 15.1. The Hall–Kier alpha value is -5.32. The molecule has 0 aliphatic rings. The van der Waals surface area contributed by atoms with Crippen LogP contribution in [0.25, 0.3) is 10.8 Å². The maximum absolute atomic E-state index is 12.9. The molecule has 5 aromatic rings. The van der Waals surface area contributed by atoms with Crippen molar-refractivity contribution in [2.75, 3.05) is 36.2 Å². The van der Waals surface area contributed by atoms with E-state index >= 15 is 0 Å². The Morgan fingerprint density at radius 1 is 0.514 bits per heavy atom.